The van der Waals surface area contributed by atoms with E-state index in [1.54, 1.807) is 11.3 Å². The Morgan fingerprint density at radius 1 is 1.08 bits per heavy atom. The third-order valence-electron chi connectivity index (χ3n) is 5.22. The van der Waals surface area contributed by atoms with Crippen LogP contribution in [-0.2, 0) is 6.54 Å². The number of benzene rings is 1. The van der Waals surface area contributed by atoms with Gasteiger partial charge in [0.05, 0.1) is 5.39 Å². The van der Waals surface area contributed by atoms with Gasteiger partial charge in [-0.2, -0.15) is 0 Å². The standard InChI is InChI=1S/C23H27NOS/c1-13(2)10-20-17(6)24(12-19-9-8-14(3)15(4)11-19)23-21(22(20)25)16(5)18(7)26-23/h8-11H,12H2,1-7H3. The largest absolute Gasteiger partial charge is 0.331 e. The number of aryl methyl sites for hydroxylation is 4. The maximum atomic E-state index is 13.2. The van der Waals surface area contributed by atoms with Gasteiger partial charge in [-0.05, 0) is 70.7 Å². The molecule has 26 heavy (non-hydrogen) atoms. The lowest BCUT2D eigenvalue weighted by Crippen LogP contribution is -2.17. The highest BCUT2D eigenvalue weighted by Gasteiger charge is 2.18. The number of fused-ring (bicyclic) bond motifs is 1. The summed E-state index contributed by atoms with van der Waals surface area (Å²) >= 11 is 1.73. The SMILES string of the molecule is CC(C)=Cc1c(C)n(Cc2ccc(C)c(C)c2)c2sc(C)c(C)c2c1=O. The molecule has 0 fully saturated rings. The van der Waals surface area contributed by atoms with Gasteiger partial charge in [-0.1, -0.05) is 29.8 Å². The number of rotatable bonds is 3. The average Bonchev–Trinajstić information content (AvgIpc) is 2.86. The second-order valence-corrected chi connectivity index (χ2v) is 8.72. The summed E-state index contributed by atoms with van der Waals surface area (Å²) in [5.74, 6) is 0. The molecule has 3 heteroatoms. The van der Waals surface area contributed by atoms with Gasteiger partial charge in [0.2, 0.25) is 0 Å². The Morgan fingerprint density at radius 3 is 2.38 bits per heavy atom. The number of pyridine rings is 1. The monoisotopic (exact) mass is 365 g/mol. The molecule has 0 radical (unpaired) electrons. The number of thiophene rings is 1. The Morgan fingerprint density at radius 2 is 1.77 bits per heavy atom. The molecule has 2 nitrogen and oxygen atoms in total. The molecule has 136 valence electrons. The van der Waals surface area contributed by atoms with Crippen LogP contribution in [0.2, 0.25) is 0 Å². The highest BCUT2D eigenvalue weighted by Crippen LogP contribution is 2.31. The summed E-state index contributed by atoms with van der Waals surface area (Å²) in [4.78, 5) is 15.5. The van der Waals surface area contributed by atoms with E-state index in [-0.39, 0.29) is 5.43 Å². The average molecular weight is 366 g/mol. The predicted molar refractivity (Wildman–Crippen MR) is 115 cm³/mol. The molecule has 0 aliphatic rings. The van der Waals surface area contributed by atoms with E-state index < -0.39 is 0 Å². The summed E-state index contributed by atoms with van der Waals surface area (Å²) in [6.07, 6.45) is 2.03. The van der Waals surface area contributed by atoms with Crippen LogP contribution in [0.5, 0.6) is 0 Å². The van der Waals surface area contributed by atoms with Crippen LogP contribution in [0.15, 0.2) is 28.6 Å². The van der Waals surface area contributed by atoms with Crippen molar-refractivity contribution in [3.8, 4) is 0 Å². The summed E-state index contributed by atoms with van der Waals surface area (Å²) in [7, 11) is 0. The third-order valence-corrected chi connectivity index (χ3v) is 6.45. The second kappa shape index (κ2) is 6.88. The van der Waals surface area contributed by atoms with E-state index in [9.17, 15) is 4.79 Å². The van der Waals surface area contributed by atoms with Crippen molar-refractivity contribution in [2.75, 3.05) is 0 Å². The smallest absolute Gasteiger partial charge is 0.198 e. The lowest BCUT2D eigenvalue weighted by Gasteiger charge is -2.16. The maximum absolute atomic E-state index is 13.2. The molecule has 0 bridgehead atoms. The summed E-state index contributed by atoms with van der Waals surface area (Å²) in [6, 6.07) is 6.63. The molecule has 3 rings (SSSR count). The Kier molecular flexibility index (Phi) is 4.94. The van der Waals surface area contributed by atoms with Gasteiger partial charge in [0.15, 0.2) is 5.43 Å². The molecule has 0 N–H and O–H groups in total. The van der Waals surface area contributed by atoms with E-state index in [0.29, 0.717) is 0 Å². The van der Waals surface area contributed by atoms with E-state index in [0.717, 1.165) is 39.2 Å². The first-order valence-electron chi connectivity index (χ1n) is 9.04. The minimum absolute atomic E-state index is 0.164. The molecule has 0 saturated heterocycles. The van der Waals surface area contributed by atoms with E-state index in [2.05, 4.69) is 57.4 Å². The van der Waals surface area contributed by atoms with Crippen LogP contribution in [0, 0.1) is 34.6 Å². The third kappa shape index (κ3) is 3.16. The number of hydrogen-bond acceptors (Lipinski definition) is 2. The molecular weight excluding hydrogens is 338 g/mol. The molecule has 0 spiro atoms. The van der Waals surface area contributed by atoms with Gasteiger partial charge < -0.3 is 4.57 Å². The lowest BCUT2D eigenvalue weighted by atomic mass is 10.0. The molecule has 0 saturated carbocycles. The first kappa shape index (κ1) is 18.7. The van der Waals surface area contributed by atoms with Gasteiger partial charge in [-0.25, -0.2) is 0 Å². The van der Waals surface area contributed by atoms with Crippen LogP contribution in [0.3, 0.4) is 0 Å². The van der Waals surface area contributed by atoms with E-state index in [1.165, 1.54) is 21.6 Å². The highest BCUT2D eigenvalue weighted by molar-refractivity contribution is 7.18. The van der Waals surface area contributed by atoms with Crippen molar-refractivity contribution in [3.05, 3.63) is 72.4 Å². The van der Waals surface area contributed by atoms with Gasteiger partial charge in [-0.15, -0.1) is 11.3 Å². The van der Waals surface area contributed by atoms with Crippen molar-refractivity contribution >= 4 is 27.6 Å². The molecule has 0 amide bonds. The first-order chi connectivity index (χ1) is 12.2. The van der Waals surface area contributed by atoms with Crippen LogP contribution in [0.1, 0.15) is 52.2 Å². The predicted octanol–water partition coefficient (Wildman–Crippen LogP) is 6.08. The quantitative estimate of drug-likeness (QED) is 0.551. The number of allylic oxidation sites excluding steroid dienone is 1. The zero-order valence-corrected chi connectivity index (χ0v) is 17.6. The molecular formula is C23H27NOS. The van der Waals surface area contributed by atoms with Crippen LogP contribution >= 0.6 is 11.3 Å². The van der Waals surface area contributed by atoms with Crippen LogP contribution in [-0.4, -0.2) is 4.57 Å². The van der Waals surface area contributed by atoms with Gasteiger partial charge >= 0.3 is 0 Å². The molecule has 0 atom stereocenters. The van der Waals surface area contributed by atoms with E-state index >= 15 is 0 Å². The van der Waals surface area contributed by atoms with E-state index in [1.807, 2.05) is 19.9 Å². The molecule has 2 aromatic heterocycles. The summed E-state index contributed by atoms with van der Waals surface area (Å²) in [5.41, 5.74) is 8.18. The van der Waals surface area contributed by atoms with Gasteiger partial charge in [-0.3, -0.25) is 4.79 Å². The molecule has 1 aromatic carbocycles. The fraction of sp³-hybridized carbons (Fsp3) is 0.348. The summed E-state index contributed by atoms with van der Waals surface area (Å²) in [5, 5.41) is 0.884. The van der Waals surface area contributed by atoms with Crippen molar-refractivity contribution in [2.24, 2.45) is 0 Å². The van der Waals surface area contributed by atoms with Gasteiger partial charge in [0, 0.05) is 22.7 Å². The molecule has 0 aliphatic heterocycles. The molecule has 2 heterocycles. The fourth-order valence-corrected chi connectivity index (χ4v) is 4.60. The highest BCUT2D eigenvalue weighted by atomic mass is 32.1. The lowest BCUT2D eigenvalue weighted by molar-refractivity contribution is 0.794. The molecule has 0 aliphatic carbocycles. The van der Waals surface area contributed by atoms with Crippen molar-refractivity contribution in [3.63, 3.8) is 0 Å². The topological polar surface area (TPSA) is 22.0 Å². The fourth-order valence-electron chi connectivity index (χ4n) is 3.40. The zero-order chi connectivity index (χ0) is 19.2. The summed E-state index contributed by atoms with van der Waals surface area (Å²) < 4.78 is 2.32. The normalized spacial score (nSPS) is 11.2. The van der Waals surface area contributed by atoms with Crippen molar-refractivity contribution in [2.45, 2.75) is 55.0 Å². The Bertz CT molecular complexity index is 1090. The van der Waals surface area contributed by atoms with E-state index in [4.69, 9.17) is 0 Å². The minimum Gasteiger partial charge on any atom is -0.331 e. The minimum atomic E-state index is 0.164. The first-order valence-corrected chi connectivity index (χ1v) is 9.86. The number of nitrogens with zero attached hydrogens (tertiary/aromatic N) is 1. The van der Waals surface area contributed by atoms with Crippen LogP contribution < -0.4 is 5.43 Å². The van der Waals surface area contributed by atoms with Crippen molar-refractivity contribution in [1.29, 1.82) is 0 Å². The maximum Gasteiger partial charge on any atom is 0.198 e. The molecule has 0 unspecified atom stereocenters. The Hall–Kier alpha value is -2.13. The van der Waals surface area contributed by atoms with Crippen molar-refractivity contribution in [1.82, 2.24) is 4.57 Å². The van der Waals surface area contributed by atoms with Crippen LogP contribution in [0.4, 0.5) is 0 Å². The Balaban J connectivity index is 2.32. The zero-order valence-electron chi connectivity index (χ0n) is 16.8. The van der Waals surface area contributed by atoms with Gasteiger partial charge in [0.1, 0.15) is 4.83 Å². The number of aromatic nitrogens is 1. The summed E-state index contributed by atoms with van der Waals surface area (Å²) in [6.45, 7) is 15.4. The van der Waals surface area contributed by atoms with Crippen molar-refractivity contribution < 1.29 is 0 Å². The van der Waals surface area contributed by atoms with Gasteiger partial charge in [0.25, 0.3) is 0 Å². The Labute approximate surface area is 159 Å². The van der Waals surface area contributed by atoms with Crippen LogP contribution in [0.25, 0.3) is 16.3 Å². The second-order valence-electron chi connectivity index (χ2n) is 7.52. The number of hydrogen-bond donors (Lipinski definition) is 0. The molecule has 3 aromatic rings.